The number of amides is 1. The van der Waals surface area contributed by atoms with Gasteiger partial charge in [-0.3, -0.25) is 14.4 Å². The summed E-state index contributed by atoms with van der Waals surface area (Å²) in [6, 6.07) is 26.4. The number of anilines is 1. The molecule has 1 aliphatic carbocycles. The summed E-state index contributed by atoms with van der Waals surface area (Å²) in [6.07, 6.45) is 2.17. The molecule has 1 aliphatic rings. The molecule has 0 radical (unpaired) electrons. The van der Waals surface area contributed by atoms with Crippen molar-refractivity contribution in [3.63, 3.8) is 0 Å². The van der Waals surface area contributed by atoms with Gasteiger partial charge in [0, 0.05) is 12.1 Å². The van der Waals surface area contributed by atoms with E-state index in [-0.39, 0.29) is 29.7 Å². The number of aryl methyl sites for hydroxylation is 1. The second-order valence-corrected chi connectivity index (χ2v) is 11.7. The first-order chi connectivity index (χ1) is 20.5. The normalized spacial score (nSPS) is 17.7. The van der Waals surface area contributed by atoms with Gasteiger partial charge < -0.3 is 25.1 Å². The fourth-order valence-electron chi connectivity index (χ4n) is 5.20. The maximum atomic E-state index is 13.4. The summed E-state index contributed by atoms with van der Waals surface area (Å²) in [5.41, 5.74) is 8.72. The van der Waals surface area contributed by atoms with Gasteiger partial charge in [0.05, 0.1) is 19.1 Å². The minimum atomic E-state index is -1.14. The first-order valence-electron chi connectivity index (χ1n) is 14.3. The third-order valence-electron chi connectivity index (χ3n) is 8.31. The van der Waals surface area contributed by atoms with Crippen LogP contribution in [0.25, 0.3) is 0 Å². The SMILES string of the molecule is COc1ccc(Cn2ccc(C)c(NC(=O)C3(N)CC3c3ccc(C(C)(C)C(=O)OCc4ccccc4)cc3)c2=O)cc1. The van der Waals surface area contributed by atoms with E-state index in [4.69, 9.17) is 15.2 Å². The van der Waals surface area contributed by atoms with Crippen LogP contribution >= 0.6 is 0 Å². The van der Waals surface area contributed by atoms with Crippen LogP contribution in [0.4, 0.5) is 5.69 Å². The van der Waals surface area contributed by atoms with E-state index in [2.05, 4.69) is 5.32 Å². The maximum Gasteiger partial charge on any atom is 0.316 e. The van der Waals surface area contributed by atoms with Gasteiger partial charge in [-0.05, 0) is 73.2 Å². The highest BCUT2D eigenvalue weighted by atomic mass is 16.5. The number of carbonyl (C=O) groups is 2. The zero-order valence-corrected chi connectivity index (χ0v) is 24.9. The average molecular weight is 580 g/mol. The summed E-state index contributed by atoms with van der Waals surface area (Å²) in [5, 5.41) is 2.82. The molecular weight excluding hydrogens is 542 g/mol. The summed E-state index contributed by atoms with van der Waals surface area (Å²) >= 11 is 0. The Morgan fingerprint density at radius 3 is 2.30 bits per heavy atom. The molecule has 0 saturated heterocycles. The molecule has 8 heteroatoms. The molecule has 1 saturated carbocycles. The topological polar surface area (TPSA) is 113 Å². The van der Waals surface area contributed by atoms with Gasteiger partial charge in [0.1, 0.15) is 23.6 Å². The molecule has 1 aromatic heterocycles. The summed E-state index contributed by atoms with van der Waals surface area (Å²) < 4.78 is 12.3. The number of hydrogen-bond acceptors (Lipinski definition) is 6. The molecule has 0 aliphatic heterocycles. The van der Waals surface area contributed by atoms with Crippen LogP contribution in [0.15, 0.2) is 95.9 Å². The Bertz CT molecular complexity index is 1680. The number of nitrogens with zero attached hydrogens (tertiary/aromatic N) is 1. The zero-order chi connectivity index (χ0) is 30.8. The third-order valence-corrected chi connectivity index (χ3v) is 8.31. The Hall–Kier alpha value is -4.69. The van der Waals surface area contributed by atoms with Crippen LogP contribution in [-0.4, -0.2) is 29.1 Å². The van der Waals surface area contributed by atoms with Crippen LogP contribution < -0.4 is 21.3 Å². The quantitative estimate of drug-likeness (QED) is 0.254. The van der Waals surface area contributed by atoms with Gasteiger partial charge in [-0.15, -0.1) is 0 Å². The maximum absolute atomic E-state index is 13.4. The molecule has 2 atom stereocenters. The number of methoxy groups -OCH3 is 1. The molecule has 3 N–H and O–H groups in total. The molecule has 8 nitrogen and oxygen atoms in total. The van der Waals surface area contributed by atoms with E-state index in [0.717, 1.165) is 28.0 Å². The van der Waals surface area contributed by atoms with E-state index >= 15 is 0 Å². The highest BCUT2D eigenvalue weighted by Gasteiger charge is 2.58. The van der Waals surface area contributed by atoms with Crippen molar-refractivity contribution in [2.45, 2.75) is 57.2 Å². The van der Waals surface area contributed by atoms with Gasteiger partial charge in [0.15, 0.2) is 0 Å². The fourth-order valence-corrected chi connectivity index (χ4v) is 5.20. The van der Waals surface area contributed by atoms with Crippen molar-refractivity contribution in [1.82, 2.24) is 4.57 Å². The third kappa shape index (κ3) is 6.24. The van der Waals surface area contributed by atoms with Crippen LogP contribution in [0.1, 0.15) is 54.0 Å². The molecule has 0 spiro atoms. The lowest BCUT2D eigenvalue weighted by atomic mass is 9.84. The van der Waals surface area contributed by atoms with Crippen LogP contribution in [-0.2, 0) is 32.9 Å². The lowest BCUT2D eigenvalue weighted by Crippen LogP contribution is -2.41. The number of aromatic nitrogens is 1. The largest absolute Gasteiger partial charge is 0.497 e. The van der Waals surface area contributed by atoms with Crippen molar-refractivity contribution >= 4 is 17.6 Å². The van der Waals surface area contributed by atoms with Gasteiger partial charge in [0.2, 0.25) is 5.91 Å². The number of hydrogen-bond donors (Lipinski definition) is 2. The Kier molecular flexibility index (Phi) is 8.24. The van der Waals surface area contributed by atoms with E-state index in [1.807, 2.05) is 92.7 Å². The number of rotatable bonds is 10. The van der Waals surface area contributed by atoms with Crippen molar-refractivity contribution < 1.29 is 19.1 Å². The number of nitrogens with two attached hydrogens (primary N) is 1. The van der Waals surface area contributed by atoms with Crippen LogP contribution in [0.5, 0.6) is 5.75 Å². The number of benzene rings is 3. The molecule has 4 aromatic rings. The number of pyridine rings is 1. The van der Waals surface area contributed by atoms with E-state index < -0.39 is 16.9 Å². The molecule has 222 valence electrons. The zero-order valence-electron chi connectivity index (χ0n) is 24.9. The van der Waals surface area contributed by atoms with Gasteiger partial charge in [-0.25, -0.2) is 0 Å². The Morgan fingerprint density at radius 1 is 0.977 bits per heavy atom. The van der Waals surface area contributed by atoms with Crippen molar-refractivity contribution in [3.05, 3.63) is 129 Å². The molecular formula is C35H37N3O5. The minimum absolute atomic E-state index is 0.208. The van der Waals surface area contributed by atoms with Crippen molar-refractivity contribution in [3.8, 4) is 5.75 Å². The number of esters is 1. The van der Waals surface area contributed by atoms with Gasteiger partial charge >= 0.3 is 5.97 Å². The van der Waals surface area contributed by atoms with Crippen LogP contribution in [0.2, 0.25) is 0 Å². The Labute approximate surface area is 251 Å². The van der Waals surface area contributed by atoms with E-state index in [1.54, 1.807) is 30.9 Å². The van der Waals surface area contributed by atoms with Gasteiger partial charge in [0.25, 0.3) is 5.56 Å². The molecule has 5 rings (SSSR count). The monoisotopic (exact) mass is 579 g/mol. The highest BCUT2D eigenvalue weighted by Crippen LogP contribution is 2.50. The Morgan fingerprint density at radius 2 is 1.65 bits per heavy atom. The van der Waals surface area contributed by atoms with Crippen LogP contribution in [0.3, 0.4) is 0 Å². The van der Waals surface area contributed by atoms with Gasteiger partial charge in [-0.1, -0.05) is 66.7 Å². The standard InChI is InChI=1S/C35H37N3O5/c1-23-18-19-38(21-24-10-16-28(42-4)17-11-24)31(39)30(23)37-32(40)35(36)20-29(35)26-12-14-27(15-13-26)34(2,3)33(41)43-22-25-8-6-5-7-9-25/h5-19,29H,20-22,36H2,1-4H3,(H,37,40). The molecule has 3 aromatic carbocycles. The molecule has 43 heavy (non-hydrogen) atoms. The lowest BCUT2D eigenvalue weighted by molar-refractivity contribution is -0.150. The molecule has 1 fully saturated rings. The summed E-state index contributed by atoms with van der Waals surface area (Å²) in [5.74, 6) is -0.187. The smallest absolute Gasteiger partial charge is 0.316 e. The minimum Gasteiger partial charge on any atom is -0.497 e. The van der Waals surface area contributed by atoms with E-state index in [1.165, 1.54) is 0 Å². The van der Waals surface area contributed by atoms with Crippen LogP contribution in [0, 0.1) is 6.92 Å². The first kappa shape index (κ1) is 29.8. The second-order valence-electron chi connectivity index (χ2n) is 11.7. The van der Waals surface area contributed by atoms with E-state index in [9.17, 15) is 14.4 Å². The molecule has 1 heterocycles. The summed E-state index contributed by atoms with van der Waals surface area (Å²) in [7, 11) is 1.60. The number of nitrogens with one attached hydrogen (secondary N) is 1. The van der Waals surface area contributed by atoms with Crippen molar-refractivity contribution in [1.29, 1.82) is 0 Å². The summed E-state index contributed by atoms with van der Waals surface area (Å²) in [4.78, 5) is 39.6. The fraction of sp³-hybridized carbons (Fsp3) is 0.286. The predicted molar refractivity (Wildman–Crippen MR) is 166 cm³/mol. The predicted octanol–water partition coefficient (Wildman–Crippen LogP) is 5.06. The lowest BCUT2D eigenvalue weighted by Gasteiger charge is -2.23. The summed E-state index contributed by atoms with van der Waals surface area (Å²) in [6.45, 7) is 6.01. The van der Waals surface area contributed by atoms with Crippen molar-refractivity contribution in [2.24, 2.45) is 5.73 Å². The molecule has 2 unspecified atom stereocenters. The number of carbonyl (C=O) groups excluding carboxylic acids is 2. The van der Waals surface area contributed by atoms with E-state index in [0.29, 0.717) is 18.5 Å². The second kappa shape index (κ2) is 11.9. The number of ether oxygens (including phenoxy) is 2. The first-order valence-corrected chi connectivity index (χ1v) is 14.3. The van der Waals surface area contributed by atoms with Gasteiger partial charge in [-0.2, -0.15) is 0 Å². The van der Waals surface area contributed by atoms with Crippen molar-refractivity contribution in [2.75, 3.05) is 12.4 Å². The molecule has 1 amide bonds. The average Bonchev–Trinajstić information content (AvgIpc) is 3.72. The highest BCUT2D eigenvalue weighted by molar-refractivity contribution is 6.02. The Balaban J connectivity index is 1.24. The molecule has 0 bridgehead atoms.